The number of carbonyl (C=O) groups excluding carboxylic acids is 1. The first-order chi connectivity index (χ1) is 15.9. The van der Waals surface area contributed by atoms with E-state index in [-0.39, 0.29) is 5.91 Å². The lowest BCUT2D eigenvalue weighted by molar-refractivity contribution is -0.143. The van der Waals surface area contributed by atoms with E-state index in [9.17, 15) is 9.90 Å². The van der Waals surface area contributed by atoms with Crippen LogP contribution in [0.15, 0.2) is 67.0 Å². The number of hydrogen-bond acceptors (Lipinski definition) is 7. The number of nitrogens with zero attached hydrogens (tertiary/aromatic N) is 6. The van der Waals surface area contributed by atoms with Gasteiger partial charge in [0, 0.05) is 51.1 Å². The van der Waals surface area contributed by atoms with Gasteiger partial charge >= 0.3 is 0 Å². The zero-order chi connectivity index (χ0) is 23.0. The molecule has 0 spiro atoms. The molecule has 0 unspecified atom stereocenters. The van der Waals surface area contributed by atoms with Crippen LogP contribution in [-0.4, -0.2) is 54.2 Å². The van der Waals surface area contributed by atoms with Crippen molar-refractivity contribution in [2.45, 2.75) is 12.0 Å². The molecule has 1 atom stereocenters. The Kier molecular flexibility index (Phi) is 5.10. The molecule has 9 heteroatoms. The number of pyridine rings is 1. The minimum Gasteiger partial charge on any atom is -0.375 e. The first kappa shape index (κ1) is 20.8. The number of hydrogen-bond donors (Lipinski definition) is 2. The van der Waals surface area contributed by atoms with Gasteiger partial charge in [-0.3, -0.25) is 9.48 Å². The van der Waals surface area contributed by atoms with E-state index in [1.165, 1.54) is 0 Å². The second kappa shape index (κ2) is 8.10. The van der Waals surface area contributed by atoms with Crippen molar-refractivity contribution in [1.82, 2.24) is 29.6 Å². The lowest BCUT2D eigenvalue weighted by Gasteiger charge is -2.21. The van der Waals surface area contributed by atoms with Crippen molar-refractivity contribution in [3.8, 4) is 22.6 Å². The maximum absolute atomic E-state index is 12.5. The van der Waals surface area contributed by atoms with Crippen LogP contribution in [0.1, 0.15) is 12.0 Å². The summed E-state index contributed by atoms with van der Waals surface area (Å²) < 4.78 is 1.69. The third kappa shape index (κ3) is 3.94. The van der Waals surface area contributed by atoms with Gasteiger partial charge in [-0.25, -0.2) is 15.0 Å². The molecule has 5 rings (SSSR count). The fraction of sp³-hybridized carbons (Fsp3) is 0.208. The lowest BCUT2D eigenvalue weighted by Crippen LogP contribution is -2.36. The number of likely N-dealkylation sites (tertiary alicyclic amines) is 1. The van der Waals surface area contributed by atoms with Crippen LogP contribution in [0.25, 0.3) is 22.6 Å². The van der Waals surface area contributed by atoms with Crippen LogP contribution in [0.5, 0.6) is 0 Å². The number of aliphatic hydroxyl groups is 1. The van der Waals surface area contributed by atoms with Gasteiger partial charge in [0.2, 0.25) is 5.95 Å². The predicted octanol–water partition coefficient (Wildman–Crippen LogP) is 2.73. The lowest BCUT2D eigenvalue weighted by atomic mass is 9.90. The maximum atomic E-state index is 12.5. The fourth-order valence-corrected chi connectivity index (χ4v) is 3.95. The second-order valence-electron chi connectivity index (χ2n) is 8.09. The number of aryl methyl sites for hydroxylation is 1. The summed E-state index contributed by atoms with van der Waals surface area (Å²) in [6.07, 6.45) is 3.87. The number of likely N-dealkylation sites (N-methyl/N-ethyl adjacent to an activating group) is 1. The Morgan fingerprint density at radius 1 is 1.00 bits per heavy atom. The summed E-state index contributed by atoms with van der Waals surface area (Å²) in [5.74, 6) is 0.792. The minimum atomic E-state index is -1.50. The van der Waals surface area contributed by atoms with E-state index in [1.54, 1.807) is 35.0 Å². The average Bonchev–Trinajstić information content (AvgIpc) is 3.37. The van der Waals surface area contributed by atoms with E-state index in [2.05, 4.69) is 20.4 Å². The molecule has 1 saturated heterocycles. The Labute approximate surface area is 190 Å². The standard InChI is InChI=1S/C24H23N7O2/c1-30-14-11-24(33,22(30)32)17-6-3-5-16(15-17)18-7-4-8-19(26-18)20-9-12-25-23(27-20)28-21-10-13-31(2)29-21/h3-10,12-13,15,33H,11,14H2,1-2H3,(H,25,27,28,29)/t24-/m1/s1. The van der Waals surface area contributed by atoms with E-state index in [0.29, 0.717) is 41.7 Å². The van der Waals surface area contributed by atoms with E-state index < -0.39 is 5.60 Å². The molecule has 1 aliphatic rings. The molecule has 3 aromatic heterocycles. The van der Waals surface area contributed by atoms with Gasteiger partial charge in [0.15, 0.2) is 11.4 Å². The summed E-state index contributed by atoms with van der Waals surface area (Å²) >= 11 is 0. The van der Waals surface area contributed by atoms with Crippen LogP contribution in [0, 0.1) is 0 Å². The molecule has 2 N–H and O–H groups in total. The topological polar surface area (TPSA) is 109 Å². The highest BCUT2D eigenvalue weighted by molar-refractivity contribution is 5.88. The van der Waals surface area contributed by atoms with Gasteiger partial charge in [-0.2, -0.15) is 5.10 Å². The van der Waals surface area contributed by atoms with Crippen molar-refractivity contribution in [2.24, 2.45) is 7.05 Å². The Balaban J connectivity index is 1.45. The van der Waals surface area contributed by atoms with Gasteiger partial charge in [0.05, 0.1) is 17.1 Å². The summed E-state index contributed by atoms with van der Waals surface area (Å²) in [4.78, 5) is 27.7. The van der Waals surface area contributed by atoms with E-state index in [1.807, 2.05) is 55.7 Å². The van der Waals surface area contributed by atoms with Gasteiger partial charge in [-0.05, 0) is 29.8 Å². The minimum absolute atomic E-state index is 0.282. The fourth-order valence-electron chi connectivity index (χ4n) is 3.95. The molecule has 1 aliphatic heterocycles. The zero-order valence-electron chi connectivity index (χ0n) is 18.3. The molecule has 4 aromatic rings. The maximum Gasteiger partial charge on any atom is 0.258 e. The molecule has 33 heavy (non-hydrogen) atoms. The third-order valence-corrected chi connectivity index (χ3v) is 5.77. The normalized spacial score (nSPS) is 18.0. The van der Waals surface area contributed by atoms with Crippen LogP contribution in [0.4, 0.5) is 11.8 Å². The van der Waals surface area contributed by atoms with Crippen LogP contribution in [0.3, 0.4) is 0 Å². The van der Waals surface area contributed by atoms with Crippen molar-refractivity contribution in [3.63, 3.8) is 0 Å². The molecular formula is C24H23N7O2. The number of aromatic nitrogens is 5. The van der Waals surface area contributed by atoms with Gasteiger partial charge in [-0.15, -0.1) is 0 Å². The van der Waals surface area contributed by atoms with Crippen LogP contribution < -0.4 is 5.32 Å². The number of rotatable bonds is 5. The van der Waals surface area contributed by atoms with Crippen LogP contribution in [-0.2, 0) is 17.4 Å². The molecule has 166 valence electrons. The Morgan fingerprint density at radius 3 is 2.55 bits per heavy atom. The molecule has 0 radical (unpaired) electrons. The number of carbonyl (C=O) groups is 1. The molecule has 0 bridgehead atoms. The zero-order valence-corrected chi connectivity index (χ0v) is 18.3. The molecular weight excluding hydrogens is 418 g/mol. The first-order valence-electron chi connectivity index (χ1n) is 10.6. The van der Waals surface area contributed by atoms with E-state index in [4.69, 9.17) is 4.98 Å². The average molecular weight is 441 g/mol. The predicted molar refractivity (Wildman–Crippen MR) is 123 cm³/mol. The second-order valence-corrected chi connectivity index (χ2v) is 8.09. The third-order valence-electron chi connectivity index (χ3n) is 5.77. The highest BCUT2D eigenvalue weighted by Crippen LogP contribution is 2.34. The van der Waals surface area contributed by atoms with Gasteiger partial charge < -0.3 is 15.3 Å². The Hall–Kier alpha value is -4.11. The van der Waals surface area contributed by atoms with Crippen molar-refractivity contribution in [3.05, 3.63) is 72.6 Å². The summed E-state index contributed by atoms with van der Waals surface area (Å²) in [6.45, 7) is 0.524. The van der Waals surface area contributed by atoms with Crippen LogP contribution >= 0.6 is 0 Å². The SMILES string of the molecule is CN1CC[C@@](O)(c2cccc(-c3cccc(-c4ccnc(Nc5ccn(C)n5)n4)n3)c2)C1=O. The molecule has 0 aliphatic carbocycles. The Morgan fingerprint density at radius 2 is 1.79 bits per heavy atom. The molecule has 9 nitrogen and oxygen atoms in total. The molecule has 1 amide bonds. The number of nitrogens with one attached hydrogen (secondary N) is 1. The summed E-state index contributed by atoms with van der Waals surface area (Å²) in [6, 6.07) is 16.7. The van der Waals surface area contributed by atoms with Gasteiger partial charge in [0.25, 0.3) is 5.91 Å². The van der Waals surface area contributed by atoms with E-state index in [0.717, 1.165) is 11.3 Å². The quantitative estimate of drug-likeness (QED) is 0.490. The number of amides is 1. The molecule has 4 heterocycles. The first-order valence-corrected chi connectivity index (χ1v) is 10.6. The van der Waals surface area contributed by atoms with Gasteiger partial charge in [0.1, 0.15) is 0 Å². The summed E-state index contributed by atoms with van der Waals surface area (Å²) in [7, 11) is 3.54. The molecule has 1 fully saturated rings. The highest BCUT2D eigenvalue weighted by atomic mass is 16.3. The summed E-state index contributed by atoms with van der Waals surface area (Å²) in [5.41, 5.74) is 1.94. The smallest absolute Gasteiger partial charge is 0.258 e. The van der Waals surface area contributed by atoms with Crippen molar-refractivity contribution >= 4 is 17.7 Å². The molecule has 1 aromatic carbocycles. The van der Waals surface area contributed by atoms with Crippen molar-refractivity contribution < 1.29 is 9.90 Å². The van der Waals surface area contributed by atoms with Crippen molar-refractivity contribution in [1.29, 1.82) is 0 Å². The number of benzene rings is 1. The van der Waals surface area contributed by atoms with Gasteiger partial charge in [-0.1, -0.05) is 24.3 Å². The van der Waals surface area contributed by atoms with Crippen LogP contribution in [0.2, 0.25) is 0 Å². The summed E-state index contributed by atoms with van der Waals surface area (Å²) in [5, 5.41) is 18.4. The van der Waals surface area contributed by atoms with E-state index >= 15 is 0 Å². The van der Waals surface area contributed by atoms with Crippen molar-refractivity contribution in [2.75, 3.05) is 18.9 Å². The number of anilines is 2. The largest absolute Gasteiger partial charge is 0.375 e. The Bertz CT molecular complexity index is 1340. The molecule has 0 saturated carbocycles. The monoisotopic (exact) mass is 441 g/mol. The highest BCUT2D eigenvalue weighted by Gasteiger charge is 2.45.